The van der Waals surface area contributed by atoms with E-state index < -0.39 is 6.61 Å². The molecule has 1 aromatic rings. The second-order valence-corrected chi connectivity index (χ2v) is 4.56. The van der Waals surface area contributed by atoms with Crippen LogP contribution >= 0.6 is 0 Å². The Bertz CT molecular complexity index is 451. The molecule has 1 atom stereocenters. The predicted octanol–water partition coefficient (Wildman–Crippen LogP) is 2.44. The summed E-state index contributed by atoms with van der Waals surface area (Å²) < 4.78 is 34.1. The monoisotopic (exact) mass is 286 g/mol. The first-order chi connectivity index (χ1) is 9.65. The van der Waals surface area contributed by atoms with Gasteiger partial charge in [-0.2, -0.15) is 8.78 Å². The number of carbonyl (C=O) groups is 1. The number of hydrogen-bond donors (Lipinski definition) is 1. The van der Waals surface area contributed by atoms with Gasteiger partial charge in [-0.05, 0) is 30.9 Å². The lowest BCUT2D eigenvalue weighted by Gasteiger charge is -2.21. The van der Waals surface area contributed by atoms with Gasteiger partial charge in [-0.25, -0.2) is 4.98 Å². The zero-order chi connectivity index (χ0) is 14.4. The molecular formula is C13H16F2N2O3. The largest absolute Gasteiger partial charge is 0.431 e. The molecule has 0 bridgehead atoms. The number of ether oxygens (including phenoxy) is 2. The third kappa shape index (κ3) is 4.41. The van der Waals surface area contributed by atoms with Crippen LogP contribution in [0, 0.1) is 5.92 Å². The van der Waals surface area contributed by atoms with Gasteiger partial charge in [0.2, 0.25) is 5.91 Å². The van der Waals surface area contributed by atoms with E-state index in [4.69, 9.17) is 4.74 Å². The highest BCUT2D eigenvalue weighted by Gasteiger charge is 2.19. The molecule has 2 rings (SSSR count). The van der Waals surface area contributed by atoms with Crippen LogP contribution < -0.4 is 10.1 Å². The summed E-state index contributed by atoms with van der Waals surface area (Å²) in [6, 6.07) is 2.79. The van der Waals surface area contributed by atoms with Crippen molar-refractivity contribution in [1.82, 2.24) is 4.98 Å². The first-order valence-corrected chi connectivity index (χ1v) is 6.42. The van der Waals surface area contributed by atoms with Crippen molar-refractivity contribution in [2.45, 2.75) is 25.9 Å². The number of aromatic nitrogens is 1. The van der Waals surface area contributed by atoms with Gasteiger partial charge < -0.3 is 14.8 Å². The molecule has 0 spiro atoms. The first kappa shape index (κ1) is 14.6. The molecule has 1 amide bonds. The standard InChI is InChI=1S/C13H16F2N2O3/c14-13(15)20-10-4-1-5-16-12(10)17-11(18)7-9-3-2-6-19-8-9/h1,4-5,9,13H,2-3,6-8H2,(H,16,17,18). The lowest BCUT2D eigenvalue weighted by molar-refractivity contribution is -0.118. The molecule has 1 aliphatic heterocycles. The van der Waals surface area contributed by atoms with Gasteiger partial charge in [0.1, 0.15) is 0 Å². The van der Waals surface area contributed by atoms with Gasteiger partial charge in [0.15, 0.2) is 11.6 Å². The number of carbonyl (C=O) groups excluding carboxylic acids is 1. The van der Waals surface area contributed by atoms with E-state index in [0.29, 0.717) is 6.61 Å². The maximum absolute atomic E-state index is 12.2. The number of nitrogens with zero attached hydrogens (tertiary/aromatic N) is 1. The molecule has 1 N–H and O–H groups in total. The van der Waals surface area contributed by atoms with Crippen molar-refractivity contribution in [2.75, 3.05) is 18.5 Å². The summed E-state index contributed by atoms with van der Waals surface area (Å²) in [6.45, 7) is -1.68. The smallest absolute Gasteiger partial charge is 0.387 e. The highest BCUT2D eigenvalue weighted by Crippen LogP contribution is 2.24. The minimum atomic E-state index is -2.96. The maximum atomic E-state index is 12.2. The zero-order valence-corrected chi connectivity index (χ0v) is 10.9. The molecule has 5 nitrogen and oxygen atoms in total. The molecule has 1 aromatic heterocycles. The molecule has 7 heteroatoms. The zero-order valence-electron chi connectivity index (χ0n) is 10.9. The van der Waals surface area contributed by atoms with Crippen LogP contribution in [0.1, 0.15) is 19.3 Å². The Kier molecular flexibility index (Phi) is 5.23. The first-order valence-electron chi connectivity index (χ1n) is 6.42. The molecule has 1 aliphatic rings. The van der Waals surface area contributed by atoms with E-state index in [1.54, 1.807) is 0 Å². The molecule has 0 aromatic carbocycles. The Morgan fingerprint density at radius 2 is 2.45 bits per heavy atom. The van der Waals surface area contributed by atoms with Crippen LogP contribution in [0.3, 0.4) is 0 Å². The van der Waals surface area contributed by atoms with Crippen LogP contribution in [0.25, 0.3) is 0 Å². The summed E-state index contributed by atoms with van der Waals surface area (Å²) >= 11 is 0. The van der Waals surface area contributed by atoms with Crippen LogP contribution in [0.5, 0.6) is 5.75 Å². The third-order valence-corrected chi connectivity index (χ3v) is 2.97. The Morgan fingerprint density at radius 1 is 1.60 bits per heavy atom. The Morgan fingerprint density at radius 3 is 3.15 bits per heavy atom. The van der Waals surface area contributed by atoms with Crippen LogP contribution in [-0.2, 0) is 9.53 Å². The van der Waals surface area contributed by atoms with E-state index in [1.807, 2.05) is 0 Å². The van der Waals surface area contributed by atoms with E-state index in [1.165, 1.54) is 18.3 Å². The third-order valence-electron chi connectivity index (χ3n) is 2.97. The lowest BCUT2D eigenvalue weighted by Crippen LogP contribution is -2.24. The molecule has 0 aliphatic carbocycles. The number of alkyl halides is 2. The number of amides is 1. The fraction of sp³-hybridized carbons (Fsp3) is 0.538. The molecule has 1 unspecified atom stereocenters. The van der Waals surface area contributed by atoms with Gasteiger partial charge in [-0.3, -0.25) is 4.79 Å². The van der Waals surface area contributed by atoms with Crippen molar-refractivity contribution >= 4 is 11.7 Å². The SMILES string of the molecule is O=C(CC1CCCOC1)Nc1ncccc1OC(F)F. The average Bonchev–Trinajstić information content (AvgIpc) is 2.41. The van der Waals surface area contributed by atoms with Gasteiger partial charge in [0.05, 0.1) is 0 Å². The lowest BCUT2D eigenvalue weighted by atomic mass is 9.98. The van der Waals surface area contributed by atoms with Crippen LogP contribution in [-0.4, -0.2) is 30.7 Å². The van der Waals surface area contributed by atoms with E-state index in [-0.39, 0.29) is 29.8 Å². The minimum absolute atomic E-state index is 0.00882. The van der Waals surface area contributed by atoms with Crippen molar-refractivity contribution in [1.29, 1.82) is 0 Å². The number of anilines is 1. The molecule has 2 heterocycles. The van der Waals surface area contributed by atoms with Crippen molar-refractivity contribution in [2.24, 2.45) is 5.92 Å². The van der Waals surface area contributed by atoms with Gasteiger partial charge in [-0.1, -0.05) is 0 Å². The fourth-order valence-corrected chi connectivity index (χ4v) is 2.09. The average molecular weight is 286 g/mol. The second-order valence-electron chi connectivity index (χ2n) is 4.56. The molecule has 0 radical (unpaired) electrons. The van der Waals surface area contributed by atoms with Crippen molar-refractivity contribution < 1.29 is 23.0 Å². The molecule has 110 valence electrons. The summed E-state index contributed by atoms with van der Waals surface area (Å²) in [7, 11) is 0. The normalized spacial score (nSPS) is 18.9. The summed E-state index contributed by atoms with van der Waals surface area (Å²) in [5.74, 6) is -0.254. The maximum Gasteiger partial charge on any atom is 0.387 e. The molecule has 20 heavy (non-hydrogen) atoms. The second kappa shape index (κ2) is 7.14. The summed E-state index contributed by atoms with van der Waals surface area (Å²) in [5, 5.41) is 2.50. The Labute approximate surface area is 115 Å². The van der Waals surface area contributed by atoms with Gasteiger partial charge in [-0.15, -0.1) is 0 Å². The summed E-state index contributed by atoms with van der Waals surface area (Å²) in [5.41, 5.74) is 0. The summed E-state index contributed by atoms with van der Waals surface area (Å²) in [4.78, 5) is 15.7. The molecule has 1 saturated heterocycles. The van der Waals surface area contributed by atoms with Crippen LogP contribution in [0.2, 0.25) is 0 Å². The Balaban J connectivity index is 1.93. The van der Waals surface area contributed by atoms with Crippen molar-refractivity contribution in [3.05, 3.63) is 18.3 Å². The highest BCUT2D eigenvalue weighted by atomic mass is 19.3. The van der Waals surface area contributed by atoms with Gasteiger partial charge >= 0.3 is 6.61 Å². The van der Waals surface area contributed by atoms with Crippen molar-refractivity contribution in [3.8, 4) is 5.75 Å². The molecule has 1 fully saturated rings. The van der Waals surface area contributed by atoms with E-state index >= 15 is 0 Å². The number of pyridine rings is 1. The summed E-state index contributed by atoms with van der Waals surface area (Å²) in [6.07, 6.45) is 3.54. The van der Waals surface area contributed by atoms with Gasteiger partial charge in [0.25, 0.3) is 0 Å². The highest BCUT2D eigenvalue weighted by molar-refractivity contribution is 5.91. The molecular weight excluding hydrogens is 270 g/mol. The predicted molar refractivity (Wildman–Crippen MR) is 67.7 cm³/mol. The van der Waals surface area contributed by atoms with Crippen LogP contribution in [0.4, 0.5) is 14.6 Å². The number of hydrogen-bond acceptors (Lipinski definition) is 4. The van der Waals surface area contributed by atoms with E-state index in [9.17, 15) is 13.6 Å². The van der Waals surface area contributed by atoms with Crippen LogP contribution in [0.15, 0.2) is 18.3 Å². The Hall–Kier alpha value is -1.76. The number of rotatable bonds is 5. The number of halogens is 2. The topological polar surface area (TPSA) is 60.5 Å². The quantitative estimate of drug-likeness (QED) is 0.903. The van der Waals surface area contributed by atoms with E-state index in [0.717, 1.165) is 19.4 Å². The molecule has 0 saturated carbocycles. The van der Waals surface area contributed by atoms with Crippen molar-refractivity contribution in [3.63, 3.8) is 0 Å². The van der Waals surface area contributed by atoms with Gasteiger partial charge in [0, 0.05) is 25.8 Å². The fourth-order valence-electron chi connectivity index (χ4n) is 2.09. The minimum Gasteiger partial charge on any atom is -0.431 e. The van der Waals surface area contributed by atoms with E-state index in [2.05, 4.69) is 15.0 Å². The number of nitrogens with one attached hydrogen (secondary N) is 1.